The zero-order valence-electron chi connectivity index (χ0n) is 61.1. The van der Waals surface area contributed by atoms with E-state index in [4.69, 9.17) is 29.9 Å². The smallest absolute Gasteiger partial charge is 0.164 e. The summed E-state index contributed by atoms with van der Waals surface area (Å²) in [5.74, 6) is 3.86. The molecule has 24 rings (SSSR count). The van der Waals surface area contributed by atoms with Crippen molar-refractivity contribution in [2.75, 3.05) is 0 Å². The summed E-state index contributed by atoms with van der Waals surface area (Å²) in [6.45, 7) is 0. The third-order valence-electron chi connectivity index (χ3n) is 22.3. The zero-order valence-corrected chi connectivity index (χ0v) is 62.7. The Balaban J connectivity index is 0.000000135. The lowest BCUT2D eigenvalue weighted by Crippen LogP contribution is -2.01. The van der Waals surface area contributed by atoms with Gasteiger partial charge in [0.2, 0.25) is 0 Å². The monoisotopic (exact) mass is 1490 g/mol. The molecule has 0 aliphatic rings. The van der Waals surface area contributed by atoms with Crippen molar-refractivity contribution < 1.29 is 0 Å². The van der Waals surface area contributed by atoms with E-state index in [0.29, 0.717) is 34.9 Å². The van der Waals surface area contributed by atoms with Gasteiger partial charge >= 0.3 is 0 Å². The molecule has 0 amide bonds. The van der Waals surface area contributed by atoms with Gasteiger partial charge in [0.1, 0.15) is 0 Å². The van der Waals surface area contributed by atoms with Gasteiger partial charge in [-0.05, 0) is 133 Å². The third kappa shape index (κ3) is 10.8. The molecular weight excluding hydrogens is 1430 g/mol. The SMILES string of the molecule is c1ccc(-c2nc(-c3ccccc3)nc(-c3ccc(-n4c5ccccc5c5cc(-n6c7ccccc7c7cc8sc9ccccc9c8cc76)ccc54)cc3)n2)cc1.c1ccc(-c2nc(-c3ccccc3)nc(-c3cccc(-n4c5ccccc5c5cc(-n6c7ccccc7c7cc8sc9ccccc9c8cc76)ccc54)c3)n2)cc1. The number of hydrogen-bond acceptors (Lipinski definition) is 8. The molecule has 0 radical (unpaired) electrons. The van der Waals surface area contributed by atoms with Crippen molar-refractivity contribution in [2.45, 2.75) is 0 Å². The molecule has 8 aromatic heterocycles. The summed E-state index contributed by atoms with van der Waals surface area (Å²) in [6.07, 6.45) is 0. The fourth-order valence-corrected chi connectivity index (χ4v) is 19.4. The summed E-state index contributed by atoms with van der Waals surface area (Å²) in [5, 5.41) is 15.1. The van der Waals surface area contributed by atoms with Gasteiger partial charge in [0, 0.05) is 140 Å². The van der Waals surface area contributed by atoms with Crippen LogP contribution in [0.1, 0.15) is 0 Å². The highest BCUT2D eigenvalue weighted by Gasteiger charge is 2.23. The Bertz CT molecular complexity index is 7860. The molecule has 8 heterocycles. The standard InChI is InChI=1S/2C51H31N5S/c1-3-14-32(15-4-1)49-52-50(33-16-5-2-6-17-33)54-51(53-49)34-18-13-19-35(28-34)55-43-23-10-7-20-37(43)40-29-36(26-27-45(40)55)56-44-24-11-8-21-38(44)41-31-48-42(30-46(41)56)39-22-9-12-25-47(39)57-48;1-3-13-32(14-4-1)49-52-50(33-15-5-2-6-16-33)54-51(53-49)34-23-25-35(26-24-34)55-43-20-10-7-17-37(43)40-29-36(27-28-45(40)55)56-44-21-11-8-18-38(44)41-31-48-42(30-46(41)56)39-19-9-12-22-47(39)57-48/h2*1-31H. The quantitative estimate of drug-likeness (QED) is 0.135. The minimum absolute atomic E-state index is 0.631. The summed E-state index contributed by atoms with van der Waals surface area (Å²) in [7, 11) is 0. The maximum absolute atomic E-state index is 5.03. The van der Waals surface area contributed by atoms with Crippen molar-refractivity contribution in [1.82, 2.24) is 48.2 Å². The van der Waals surface area contributed by atoms with Crippen LogP contribution in [0.2, 0.25) is 0 Å². The first-order valence-electron chi connectivity index (χ1n) is 38.2. The number of para-hydroxylation sites is 4. The molecular formula is C102H62N10S2. The molecule has 0 fully saturated rings. The van der Waals surface area contributed by atoms with Crippen LogP contribution in [0.5, 0.6) is 0 Å². The minimum atomic E-state index is 0.631. The van der Waals surface area contributed by atoms with Gasteiger partial charge in [-0.2, -0.15) is 0 Å². The van der Waals surface area contributed by atoms with Gasteiger partial charge in [0.25, 0.3) is 0 Å². The topological polar surface area (TPSA) is 97.1 Å². The van der Waals surface area contributed by atoms with Crippen molar-refractivity contribution in [3.63, 3.8) is 0 Å². The molecule has 114 heavy (non-hydrogen) atoms. The lowest BCUT2D eigenvalue weighted by molar-refractivity contribution is 1.07. The van der Waals surface area contributed by atoms with Gasteiger partial charge in [0.05, 0.1) is 44.1 Å². The maximum atomic E-state index is 5.03. The molecule has 0 aliphatic heterocycles. The highest BCUT2D eigenvalue weighted by Crippen LogP contribution is 2.46. The molecule has 16 aromatic carbocycles. The van der Waals surface area contributed by atoms with E-state index >= 15 is 0 Å². The average Bonchev–Trinajstić information content (AvgIpc) is 1.57. The Morgan fingerprint density at radius 3 is 0.807 bits per heavy atom. The van der Waals surface area contributed by atoms with Crippen molar-refractivity contribution in [1.29, 1.82) is 0 Å². The molecule has 24 aromatic rings. The van der Waals surface area contributed by atoms with Gasteiger partial charge in [-0.3, -0.25) is 0 Å². The second-order valence-corrected chi connectivity index (χ2v) is 31.1. The van der Waals surface area contributed by atoms with Crippen LogP contribution in [0.15, 0.2) is 376 Å². The second-order valence-electron chi connectivity index (χ2n) is 28.9. The summed E-state index contributed by atoms with van der Waals surface area (Å²) in [4.78, 5) is 29.8. The van der Waals surface area contributed by atoms with E-state index in [9.17, 15) is 0 Å². The summed E-state index contributed by atoms with van der Waals surface area (Å²) >= 11 is 3.74. The predicted molar refractivity (Wildman–Crippen MR) is 475 cm³/mol. The van der Waals surface area contributed by atoms with Crippen LogP contribution in [-0.2, 0) is 0 Å². The molecule has 0 bridgehead atoms. The van der Waals surface area contributed by atoms with Gasteiger partial charge in [-0.1, -0.05) is 243 Å². The van der Waals surface area contributed by atoms with Gasteiger partial charge < -0.3 is 18.3 Å². The van der Waals surface area contributed by atoms with Crippen LogP contribution < -0.4 is 0 Å². The van der Waals surface area contributed by atoms with Crippen LogP contribution in [-0.4, -0.2) is 48.2 Å². The molecule has 0 saturated heterocycles. The van der Waals surface area contributed by atoms with E-state index in [0.717, 1.165) is 78.2 Å². The van der Waals surface area contributed by atoms with E-state index in [-0.39, 0.29) is 0 Å². The van der Waals surface area contributed by atoms with E-state index in [1.807, 2.05) is 144 Å². The van der Waals surface area contributed by atoms with Crippen LogP contribution in [0.4, 0.5) is 0 Å². The molecule has 0 atom stereocenters. The highest BCUT2D eigenvalue weighted by molar-refractivity contribution is 7.26. The van der Waals surface area contributed by atoms with E-state index in [1.54, 1.807) is 0 Å². The predicted octanol–water partition coefficient (Wildman–Crippen LogP) is 26.9. The Labute approximate surface area is 661 Å². The molecule has 10 nitrogen and oxygen atoms in total. The third-order valence-corrected chi connectivity index (χ3v) is 24.6. The fraction of sp³-hybridized carbons (Fsp3) is 0. The molecule has 0 unspecified atom stereocenters. The second kappa shape index (κ2) is 26.5. The number of thiophene rings is 2. The molecule has 0 saturated carbocycles. The molecule has 0 N–H and O–H groups in total. The van der Waals surface area contributed by atoms with Crippen molar-refractivity contribution in [3.05, 3.63) is 376 Å². The fourth-order valence-electron chi connectivity index (χ4n) is 17.1. The maximum Gasteiger partial charge on any atom is 0.164 e. The molecule has 0 aliphatic carbocycles. The summed E-state index contributed by atoms with van der Waals surface area (Å²) in [5.41, 5.74) is 19.5. The van der Waals surface area contributed by atoms with Gasteiger partial charge in [-0.25, -0.2) is 29.9 Å². The van der Waals surface area contributed by atoms with Crippen LogP contribution in [0.3, 0.4) is 0 Å². The van der Waals surface area contributed by atoms with Crippen molar-refractivity contribution in [3.8, 4) is 91.1 Å². The number of hydrogen-bond donors (Lipinski definition) is 0. The Morgan fingerprint density at radius 1 is 0.149 bits per heavy atom. The summed E-state index contributed by atoms with van der Waals surface area (Å²) in [6, 6.07) is 133. The number of rotatable bonds is 10. The van der Waals surface area contributed by atoms with E-state index in [2.05, 4.69) is 273 Å². The molecule has 532 valence electrons. The minimum Gasteiger partial charge on any atom is -0.309 e. The number of benzene rings is 16. The number of fused-ring (bicyclic) bond motifs is 18. The van der Waals surface area contributed by atoms with Gasteiger partial charge in [0.15, 0.2) is 34.9 Å². The Kier molecular flexibility index (Phi) is 15.1. The van der Waals surface area contributed by atoms with Crippen molar-refractivity contribution in [2.24, 2.45) is 0 Å². The largest absolute Gasteiger partial charge is 0.309 e. The average molecular weight is 1490 g/mol. The highest BCUT2D eigenvalue weighted by atomic mass is 32.1. The van der Waals surface area contributed by atoms with E-state index < -0.39 is 0 Å². The summed E-state index contributed by atoms with van der Waals surface area (Å²) < 4.78 is 14.9. The molecule has 0 spiro atoms. The normalized spacial score (nSPS) is 11.9. The number of nitrogens with zero attached hydrogens (tertiary/aromatic N) is 10. The van der Waals surface area contributed by atoms with Crippen LogP contribution in [0.25, 0.3) is 219 Å². The van der Waals surface area contributed by atoms with Crippen LogP contribution in [0, 0.1) is 0 Å². The lowest BCUT2D eigenvalue weighted by Gasteiger charge is -2.12. The first kappa shape index (κ1) is 65.1. The zero-order chi connectivity index (χ0) is 74.9. The van der Waals surface area contributed by atoms with Gasteiger partial charge in [-0.15, -0.1) is 22.7 Å². The molecule has 12 heteroatoms. The lowest BCUT2D eigenvalue weighted by atomic mass is 10.1. The number of aromatic nitrogens is 10. The van der Waals surface area contributed by atoms with Crippen molar-refractivity contribution >= 4 is 150 Å². The first-order valence-corrected chi connectivity index (χ1v) is 39.9. The Hall–Kier alpha value is -14.8. The Morgan fingerprint density at radius 2 is 0.421 bits per heavy atom. The van der Waals surface area contributed by atoms with Crippen LogP contribution >= 0.6 is 22.7 Å². The first-order chi connectivity index (χ1) is 56.5. The van der Waals surface area contributed by atoms with E-state index in [1.165, 1.54) is 106 Å².